The molecule has 0 aliphatic heterocycles. The molecule has 0 aromatic heterocycles. The van der Waals surface area contributed by atoms with Crippen molar-refractivity contribution in [1.82, 2.24) is 0 Å². The first-order valence-corrected chi connectivity index (χ1v) is 9.96. The van der Waals surface area contributed by atoms with Gasteiger partial charge in [-0.15, -0.1) is 0 Å². The van der Waals surface area contributed by atoms with Crippen molar-refractivity contribution in [3.63, 3.8) is 0 Å². The van der Waals surface area contributed by atoms with Crippen molar-refractivity contribution < 1.29 is 9.47 Å². The first-order valence-electron chi connectivity index (χ1n) is 9.96. The van der Waals surface area contributed by atoms with Crippen LogP contribution in [0.2, 0.25) is 0 Å². The highest BCUT2D eigenvalue weighted by Crippen LogP contribution is 2.26. The van der Waals surface area contributed by atoms with Gasteiger partial charge in [0.2, 0.25) is 0 Å². The van der Waals surface area contributed by atoms with Crippen LogP contribution in [0.1, 0.15) is 44.1 Å². The van der Waals surface area contributed by atoms with Crippen molar-refractivity contribution in [3.05, 3.63) is 54.1 Å². The zero-order valence-electron chi connectivity index (χ0n) is 15.9. The van der Waals surface area contributed by atoms with Crippen molar-refractivity contribution in [2.24, 2.45) is 5.92 Å². The highest BCUT2D eigenvalue weighted by atomic mass is 16.5. The molecule has 0 unspecified atom stereocenters. The number of hydrogen-bond acceptors (Lipinski definition) is 3. The van der Waals surface area contributed by atoms with Crippen LogP contribution in [0, 0.1) is 12.8 Å². The summed E-state index contributed by atoms with van der Waals surface area (Å²) in [5.41, 5.74) is 2.34. The van der Waals surface area contributed by atoms with Crippen molar-refractivity contribution in [3.8, 4) is 11.5 Å². The average Bonchev–Trinajstić information content (AvgIpc) is 2.69. The largest absolute Gasteiger partial charge is 0.494 e. The summed E-state index contributed by atoms with van der Waals surface area (Å²) in [4.78, 5) is 0. The molecule has 3 rings (SSSR count). The van der Waals surface area contributed by atoms with Crippen LogP contribution >= 0.6 is 0 Å². The summed E-state index contributed by atoms with van der Waals surface area (Å²) in [5, 5.41) is 3.38. The van der Waals surface area contributed by atoms with Crippen LogP contribution in [0.4, 0.5) is 5.69 Å². The van der Waals surface area contributed by atoms with Gasteiger partial charge in [-0.05, 0) is 55.7 Å². The van der Waals surface area contributed by atoms with Crippen LogP contribution in [-0.2, 0) is 0 Å². The number of hydrogen-bond donors (Lipinski definition) is 1. The minimum atomic E-state index is 0.642. The molecule has 2 aromatic carbocycles. The molecule has 1 aliphatic rings. The molecule has 1 fully saturated rings. The normalized spacial score (nSPS) is 14.8. The number of benzene rings is 2. The molecular formula is C23H31NO2. The molecule has 1 aliphatic carbocycles. The molecule has 0 amide bonds. The smallest absolute Gasteiger partial charge is 0.119 e. The predicted octanol–water partition coefficient (Wildman–Crippen LogP) is 5.84. The van der Waals surface area contributed by atoms with E-state index in [4.69, 9.17) is 9.47 Å². The molecule has 26 heavy (non-hydrogen) atoms. The molecule has 0 saturated heterocycles. The van der Waals surface area contributed by atoms with Crippen molar-refractivity contribution in [2.45, 2.75) is 45.4 Å². The third-order valence-corrected chi connectivity index (χ3v) is 5.09. The van der Waals surface area contributed by atoms with E-state index >= 15 is 0 Å². The minimum Gasteiger partial charge on any atom is -0.494 e. The Hall–Kier alpha value is -2.16. The van der Waals surface area contributed by atoms with E-state index in [9.17, 15) is 0 Å². The van der Waals surface area contributed by atoms with Crippen LogP contribution in [0.25, 0.3) is 0 Å². The quantitative estimate of drug-likeness (QED) is 0.575. The van der Waals surface area contributed by atoms with Gasteiger partial charge in [0.25, 0.3) is 0 Å². The Bertz CT molecular complexity index is 630. The number of aryl methyl sites for hydroxylation is 1. The highest BCUT2D eigenvalue weighted by Gasteiger charge is 2.13. The van der Waals surface area contributed by atoms with Gasteiger partial charge in [-0.2, -0.15) is 0 Å². The lowest BCUT2D eigenvalue weighted by molar-refractivity contribution is 0.246. The van der Waals surface area contributed by atoms with Gasteiger partial charge >= 0.3 is 0 Å². The van der Waals surface area contributed by atoms with E-state index in [1.165, 1.54) is 44.1 Å². The van der Waals surface area contributed by atoms with Crippen molar-refractivity contribution in [2.75, 3.05) is 25.1 Å². The average molecular weight is 354 g/mol. The fourth-order valence-corrected chi connectivity index (χ4v) is 3.49. The lowest BCUT2D eigenvalue weighted by Crippen LogP contribution is -2.11. The zero-order valence-corrected chi connectivity index (χ0v) is 15.9. The van der Waals surface area contributed by atoms with E-state index in [-0.39, 0.29) is 0 Å². The van der Waals surface area contributed by atoms with Gasteiger partial charge in [0.05, 0.1) is 6.61 Å². The summed E-state index contributed by atoms with van der Waals surface area (Å²) in [7, 11) is 0. The second-order valence-corrected chi connectivity index (χ2v) is 7.25. The maximum Gasteiger partial charge on any atom is 0.119 e. The molecule has 2 aromatic rings. The molecule has 0 radical (unpaired) electrons. The van der Waals surface area contributed by atoms with Gasteiger partial charge in [-0.25, -0.2) is 0 Å². The monoisotopic (exact) mass is 353 g/mol. The van der Waals surface area contributed by atoms with E-state index < -0.39 is 0 Å². The third-order valence-electron chi connectivity index (χ3n) is 5.09. The van der Waals surface area contributed by atoms with Crippen LogP contribution < -0.4 is 14.8 Å². The molecule has 0 bridgehead atoms. The molecule has 1 saturated carbocycles. The Morgan fingerprint density at radius 3 is 2.12 bits per heavy atom. The topological polar surface area (TPSA) is 30.5 Å². The van der Waals surface area contributed by atoms with Crippen molar-refractivity contribution in [1.29, 1.82) is 0 Å². The van der Waals surface area contributed by atoms with Crippen molar-refractivity contribution >= 4 is 5.69 Å². The van der Waals surface area contributed by atoms with Gasteiger partial charge in [-0.1, -0.05) is 49.8 Å². The number of ether oxygens (including phenoxy) is 2. The summed E-state index contributed by atoms with van der Waals surface area (Å²) in [6.07, 6.45) is 8.18. The highest BCUT2D eigenvalue weighted by molar-refractivity contribution is 5.46. The Morgan fingerprint density at radius 1 is 0.808 bits per heavy atom. The summed E-state index contributed by atoms with van der Waals surface area (Å²) in [6.45, 7) is 4.33. The molecule has 140 valence electrons. The van der Waals surface area contributed by atoms with Gasteiger partial charge < -0.3 is 14.8 Å². The molecule has 3 nitrogen and oxygen atoms in total. The van der Waals surface area contributed by atoms with E-state index in [0.29, 0.717) is 6.61 Å². The van der Waals surface area contributed by atoms with Gasteiger partial charge in [0.15, 0.2) is 0 Å². The summed E-state index contributed by atoms with van der Waals surface area (Å²) < 4.78 is 11.6. The first-order chi connectivity index (χ1) is 12.8. The lowest BCUT2D eigenvalue weighted by Gasteiger charge is -2.21. The summed E-state index contributed by atoms with van der Waals surface area (Å²) >= 11 is 0. The molecular weight excluding hydrogens is 322 g/mol. The fraction of sp³-hybridized carbons (Fsp3) is 0.478. The Kier molecular flexibility index (Phi) is 7.24. The van der Waals surface area contributed by atoms with Crippen LogP contribution in [-0.4, -0.2) is 19.8 Å². The zero-order chi connectivity index (χ0) is 18.0. The Morgan fingerprint density at radius 2 is 1.42 bits per heavy atom. The standard InChI is InChI=1S/C23H31NO2/c1-19-7-11-22(12-8-19)26-18-16-24-21-9-13-23(14-10-21)25-17-15-20-5-3-2-4-6-20/h7-14,20,24H,2-6,15-18H2,1H3. The summed E-state index contributed by atoms with van der Waals surface area (Å²) in [5.74, 6) is 2.75. The maximum atomic E-state index is 5.90. The fourth-order valence-electron chi connectivity index (χ4n) is 3.49. The third kappa shape index (κ3) is 6.29. The van der Waals surface area contributed by atoms with Gasteiger partial charge in [0, 0.05) is 12.2 Å². The Labute approximate surface area is 157 Å². The van der Waals surface area contributed by atoms with E-state index in [1.807, 2.05) is 24.3 Å². The second-order valence-electron chi connectivity index (χ2n) is 7.25. The van der Waals surface area contributed by atoms with Gasteiger partial charge in [0.1, 0.15) is 18.1 Å². The van der Waals surface area contributed by atoms with Gasteiger partial charge in [-0.3, -0.25) is 0 Å². The molecule has 0 atom stereocenters. The van der Waals surface area contributed by atoms with Crippen LogP contribution in [0.15, 0.2) is 48.5 Å². The van der Waals surface area contributed by atoms with Crippen LogP contribution in [0.5, 0.6) is 11.5 Å². The van der Waals surface area contributed by atoms with E-state index in [1.54, 1.807) is 0 Å². The second kappa shape index (κ2) is 10.1. The molecule has 0 spiro atoms. The molecule has 0 heterocycles. The SMILES string of the molecule is Cc1ccc(OCCNc2ccc(OCCC3CCCCC3)cc2)cc1. The lowest BCUT2D eigenvalue weighted by atomic mass is 9.87. The minimum absolute atomic E-state index is 0.642. The van der Waals surface area contributed by atoms with E-state index in [0.717, 1.165) is 36.3 Å². The summed E-state index contributed by atoms with van der Waals surface area (Å²) in [6, 6.07) is 16.4. The number of rotatable bonds is 9. The number of anilines is 1. The van der Waals surface area contributed by atoms with E-state index in [2.05, 4.69) is 36.5 Å². The number of nitrogens with one attached hydrogen (secondary N) is 1. The maximum absolute atomic E-state index is 5.90. The molecule has 3 heteroatoms. The molecule has 1 N–H and O–H groups in total. The first kappa shape index (κ1) is 18.6. The van der Waals surface area contributed by atoms with Crippen LogP contribution in [0.3, 0.4) is 0 Å². The Balaban J connectivity index is 1.31. The predicted molar refractivity (Wildman–Crippen MR) is 108 cm³/mol.